The first-order valence-electron chi connectivity index (χ1n) is 9.90. The molecule has 0 unspecified atom stereocenters. The minimum atomic E-state index is -0.754. The predicted octanol–water partition coefficient (Wildman–Crippen LogP) is 3.42. The van der Waals surface area contributed by atoms with Crippen molar-refractivity contribution in [2.45, 2.75) is 91.0 Å². The number of hydrogen-bond acceptors (Lipinski definition) is 5. The van der Waals surface area contributed by atoms with Crippen LogP contribution in [0.15, 0.2) is 12.2 Å². The van der Waals surface area contributed by atoms with Gasteiger partial charge in [0.2, 0.25) is 11.8 Å². The predicted molar refractivity (Wildman–Crippen MR) is 108 cm³/mol. The summed E-state index contributed by atoms with van der Waals surface area (Å²) in [5, 5.41) is 2.96. The summed E-state index contributed by atoms with van der Waals surface area (Å²) in [6, 6.07) is -1.17. The molecule has 1 N–H and O–H groups in total. The molecule has 0 aromatic carbocycles. The van der Waals surface area contributed by atoms with Crippen molar-refractivity contribution in [1.29, 1.82) is 0 Å². The summed E-state index contributed by atoms with van der Waals surface area (Å²) in [4.78, 5) is 38.9. The largest absolute Gasteiger partial charge is 0.443 e. The van der Waals surface area contributed by atoms with Crippen LogP contribution >= 0.6 is 0 Å². The van der Waals surface area contributed by atoms with Crippen LogP contribution in [-0.2, 0) is 19.1 Å². The molecule has 1 aliphatic heterocycles. The Kier molecular flexibility index (Phi) is 8.23. The average molecular weight is 397 g/mol. The van der Waals surface area contributed by atoms with E-state index in [-0.39, 0.29) is 24.2 Å². The zero-order chi connectivity index (χ0) is 21.7. The zero-order valence-electron chi connectivity index (χ0n) is 18.5. The smallest absolute Gasteiger partial charge is 0.417 e. The van der Waals surface area contributed by atoms with Crippen LogP contribution in [0.4, 0.5) is 4.79 Å². The highest BCUT2D eigenvalue weighted by atomic mass is 16.6. The standard InChI is InChI=1S/C21H36N2O5/c1-9-11-15-13-16(25)23(19(26)28-20(4,5)6)17(15)18(22-14(3)24)21(7,27-8)12-10-2/h9,11,15,17-18H,10,12-13H2,1-8H3,(H,22,24)/t15-,17-,18-,21+/m1/s1. The van der Waals surface area contributed by atoms with E-state index in [1.54, 1.807) is 27.9 Å². The first-order chi connectivity index (χ1) is 12.9. The van der Waals surface area contributed by atoms with Gasteiger partial charge in [0.05, 0.1) is 17.7 Å². The Morgan fingerprint density at radius 1 is 1.32 bits per heavy atom. The van der Waals surface area contributed by atoms with Gasteiger partial charge in [-0.2, -0.15) is 0 Å². The van der Waals surface area contributed by atoms with Crippen LogP contribution in [-0.4, -0.2) is 53.2 Å². The third-order valence-corrected chi connectivity index (χ3v) is 5.02. The SMILES string of the molecule is CC=C[C@@H]1CC(=O)N(C(=O)OC(C)(C)C)[C@H]1[C@@H](NC(C)=O)[C@](C)(CCC)OC. The maximum absolute atomic E-state index is 12.9. The molecule has 0 aromatic rings. The summed E-state index contributed by atoms with van der Waals surface area (Å²) in [6.45, 7) is 12.5. The number of likely N-dealkylation sites (tertiary alicyclic amines) is 1. The van der Waals surface area contributed by atoms with E-state index < -0.39 is 29.4 Å². The fourth-order valence-corrected chi connectivity index (χ4v) is 3.84. The highest BCUT2D eigenvalue weighted by Crippen LogP contribution is 2.36. The fraction of sp³-hybridized carbons (Fsp3) is 0.762. The molecule has 1 aliphatic rings. The van der Waals surface area contributed by atoms with Crippen molar-refractivity contribution in [3.63, 3.8) is 0 Å². The molecule has 7 nitrogen and oxygen atoms in total. The van der Waals surface area contributed by atoms with E-state index in [0.29, 0.717) is 6.42 Å². The molecule has 0 spiro atoms. The molecule has 0 aromatic heterocycles. The minimum Gasteiger partial charge on any atom is -0.443 e. The van der Waals surface area contributed by atoms with E-state index in [1.165, 1.54) is 11.8 Å². The summed E-state index contributed by atoms with van der Waals surface area (Å²) in [5.41, 5.74) is -1.49. The van der Waals surface area contributed by atoms with E-state index >= 15 is 0 Å². The van der Waals surface area contributed by atoms with Gasteiger partial charge in [0.15, 0.2) is 0 Å². The van der Waals surface area contributed by atoms with Crippen molar-refractivity contribution in [3.05, 3.63) is 12.2 Å². The van der Waals surface area contributed by atoms with Crippen molar-refractivity contribution < 1.29 is 23.9 Å². The van der Waals surface area contributed by atoms with Gasteiger partial charge in [0.1, 0.15) is 5.60 Å². The molecule has 0 saturated carbocycles. The first-order valence-corrected chi connectivity index (χ1v) is 9.90. The van der Waals surface area contributed by atoms with Gasteiger partial charge in [-0.1, -0.05) is 25.5 Å². The van der Waals surface area contributed by atoms with Crippen LogP contribution in [0.2, 0.25) is 0 Å². The Labute approximate surface area is 168 Å². The topological polar surface area (TPSA) is 84.9 Å². The quantitative estimate of drug-likeness (QED) is 0.667. The summed E-state index contributed by atoms with van der Waals surface area (Å²) in [7, 11) is 1.59. The van der Waals surface area contributed by atoms with Crippen molar-refractivity contribution >= 4 is 17.9 Å². The lowest BCUT2D eigenvalue weighted by Crippen LogP contribution is -2.63. The second kappa shape index (κ2) is 9.54. The maximum atomic E-state index is 12.9. The zero-order valence-corrected chi connectivity index (χ0v) is 18.5. The van der Waals surface area contributed by atoms with Gasteiger partial charge >= 0.3 is 6.09 Å². The molecule has 1 saturated heterocycles. The van der Waals surface area contributed by atoms with Crippen molar-refractivity contribution in [3.8, 4) is 0 Å². The molecular weight excluding hydrogens is 360 g/mol. The number of hydrogen-bond donors (Lipinski definition) is 1. The summed E-state index contributed by atoms with van der Waals surface area (Å²) >= 11 is 0. The van der Waals surface area contributed by atoms with Crippen molar-refractivity contribution in [1.82, 2.24) is 10.2 Å². The first kappa shape index (κ1) is 24.1. The Hall–Kier alpha value is -1.89. The van der Waals surface area contributed by atoms with E-state index in [4.69, 9.17) is 9.47 Å². The number of imide groups is 1. The molecule has 3 amide bonds. The van der Waals surface area contributed by atoms with E-state index in [0.717, 1.165) is 6.42 Å². The second-order valence-corrected chi connectivity index (χ2v) is 8.57. The van der Waals surface area contributed by atoms with Crippen LogP contribution in [0.5, 0.6) is 0 Å². The van der Waals surface area contributed by atoms with Crippen LogP contribution < -0.4 is 5.32 Å². The lowest BCUT2D eigenvalue weighted by atomic mass is 9.81. The van der Waals surface area contributed by atoms with E-state index in [9.17, 15) is 14.4 Å². The van der Waals surface area contributed by atoms with Gasteiger partial charge in [-0.25, -0.2) is 9.69 Å². The Morgan fingerprint density at radius 3 is 2.36 bits per heavy atom. The summed E-state index contributed by atoms with van der Waals surface area (Å²) in [5.74, 6) is -0.798. The number of allylic oxidation sites excluding steroid dienone is 1. The maximum Gasteiger partial charge on any atom is 0.417 e. The number of amides is 3. The van der Waals surface area contributed by atoms with Gasteiger partial charge in [0, 0.05) is 26.4 Å². The highest BCUT2D eigenvalue weighted by Gasteiger charge is 2.53. The lowest BCUT2D eigenvalue weighted by Gasteiger charge is -2.43. The second-order valence-electron chi connectivity index (χ2n) is 8.57. The monoisotopic (exact) mass is 396 g/mol. The number of ether oxygens (including phenoxy) is 2. The summed E-state index contributed by atoms with van der Waals surface area (Å²) in [6.07, 6.45) is 4.73. The molecule has 1 heterocycles. The molecule has 0 radical (unpaired) electrons. The van der Waals surface area contributed by atoms with Gasteiger partial charge in [0.25, 0.3) is 0 Å². The number of rotatable bonds is 7. The Bertz CT molecular complexity index is 610. The van der Waals surface area contributed by atoms with Crippen LogP contribution in [0.3, 0.4) is 0 Å². The third-order valence-electron chi connectivity index (χ3n) is 5.02. The average Bonchev–Trinajstić information content (AvgIpc) is 2.87. The number of carbonyl (C=O) groups is 3. The Morgan fingerprint density at radius 2 is 1.93 bits per heavy atom. The molecule has 0 aliphatic carbocycles. The third kappa shape index (κ3) is 5.80. The van der Waals surface area contributed by atoms with Crippen molar-refractivity contribution in [2.75, 3.05) is 7.11 Å². The fourth-order valence-electron chi connectivity index (χ4n) is 3.84. The number of carbonyl (C=O) groups excluding carboxylic acids is 3. The van der Waals surface area contributed by atoms with Crippen molar-refractivity contribution in [2.24, 2.45) is 5.92 Å². The number of nitrogens with one attached hydrogen (secondary N) is 1. The normalized spacial score (nSPS) is 23.6. The molecule has 1 fully saturated rings. The molecule has 1 rings (SSSR count). The molecule has 28 heavy (non-hydrogen) atoms. The lowest BCUT2D eigenvalue weighted by molar-refractivity contribution is -0.133. The molecular formula is C21H36N2O5. The van der Waals surface area contributed by atoms with Crippen LogP contribution in [0, 0.1) is 5.92 Å². The van der Waals surface area contributed by atoms with Crippen LogP contribution in [0.25, 0.3) is 0 Å². The molecule has 4 atom stereocenters. The van der Waals surface area contributed by atoms with Gasteiger partial charge in [-0.05, 0) is 41.0 Å². The van der Waals surface area contributed by atoms with Gasteiger partial charge < -0.3 is 14.8 Å². The molecule has 7 heteroatoms. The number of methoxy groups -OCH3 is 1. The van der Waals surface area contributed by atoms with E-state index in [2.05, 4.69) is 5.32 Å². The van der Waals surface area contributed by atoms with Gasteiger partial charge in [-0.3, -0.25) is 9.59 Å². The van der Waals surface area contributed by atoms with Gasteiger partial charge in [-0.15, -0.1) is 0 Å². The van der Waals surface area contributed by atoms with E-state index in [1.807, 2.05) is 32.9 Å². The van der Waals surface area contributed by atoms with Crippen LogP contribution in [0.1, 0.15) is 67.7 Å². The highest BCUT2D eigenvalue weighted by molar-refractivity contribution is 5.95. The molecule has 160 valence electrons. The summed E-state index contributed by atoms with van der Waals surface area (Å²) < 4.78 is 11.3. The minimum absolute atomic E-state index is 0.177. The number of nitrogens with zero attached hydrogens (tertiary/aromatic N) is 1. The molecule has 0 bridgehead atoms. The Balaban J connectivity index is 3.48.